The quantitative estimate of drug-likeness (QED) is 0.783. The van der Waals surface area contributed by atoms with E-state index in [0.717, 1.165) is 44.0 Å². The number of piperidine rings is 1. The van der Waals surface area contributed by atoms with Gasteiger partial charge < -0.3 is 24.1 Å². The lowest BCUT2D eigenvalue weighted by Crippen LogP contribution is -2.52. The smallest absolute Gasteiger partial charge is 0.490 e. The maximum absolute atomic E-state index is 10.6. The standard InChI is InChI=1S/C17H25NO4.C2HF3O2/c1-19-13-8-12(9-14(10-13)20-2)11-18-6-4-16(21-3)17-15(18)5-7-22-17;3-2(4,5)1(6)7/h8-10,15-17H,4-7,11H2,1-3H3;(H,6,7)/t15-,16-,17-;/m0./s1. The zero-order valence-corrected chi connectivity index (χ0v) is 16.6. The minimum Gasteiger partial charge on any atom is -0.497 e. The highest BCUT2D eigenvalue weighted by Crippen LogP contribution is 2.32. The van der Waals surface area contributed by atoms with Gasteiger partial charge in [0.1, 0.15) is 11.5 Å². The van der Waals surface area contributed by atoms with E-state index in [1.54, 1.807) is 21.3 Å². The topological polar surface area (TPSA) is 77.5 Å². The van der Waals surface area contributed by atoms with E-state index >= 15 is 0 Å². The van der Waals surface area contributed by atoms with Gasteiger partial charge in [-0.2, -0.15) is 13.2 Å². The number of carboxylic acids is 1. The van der Waals surface area contributed by atoms with Gasteiger partial charge in [-0.25, -0.2) is 4.79 Å². The molecule has 10 heteroatoms. The van der Waals surface area contributed by atoms with Crippen molar-refractivity contribution in [3.8, 4) is 11.5 Å². The molecule has 0 aliphatic carbocycles. The Labute approximate surface area is 167 Å². The first kappa shape index (κ1) is 23.2. The number of hydrogen-bond donors (Lipinski definition) is 1. The first-order valence-corrected chi connectivity index (χ1v) is 9.10. The Hall–Kier alpha value is -2.04. The van der Waals surface area contributed by atoms with Gasteiger partial charge in [0.05, 0.1) is 26.4 Å². The van der Waals surface area contributed by atoms with E-state index in [0.29, 0.717) is 6.04 Å². The number of hydrogen-bond acceptors (Lipinski definition) is 6. The molecule has 1 aromatic rings. The summed E-state index contributed by atoms with van der Waals surface area (Å²) in [5, 5.41) is 7.12. The van der Waals surface area contributed by atoms with Crippen LogP contribution in [-0.2, 0) is 20.8 Å². The lowest BCUT2D eigenvalue weighted by Gasteiger charge is -2.40. The first-order chi connectivity index (χ1) is 13.7. The van der Waals surface area contributed by atoms with Crippen LogP contribution in [0.15, 0.2) is 18.2 Å². The highest BCUT2D eigenvalue weighted by atomic mass is 19.4. The molecular weight excluding hydrogens is 395 g/mol. The highest BCUT2D eigenvalue weighted by Gasteiger charge is 2.42. The highest BCUT2D eigenvalue weighted by molar-refractivity contribution is 5.73. The Morgan fingerprint density at radius 1 is 1.17 bits per heavy atom. The molecule has 3 rings (SSSR count). The van der Waals surface area contributed by atoms with Gasteiger partial charge in [-0.05, 0) is 30.5 Å². The van der Waals surface area contributed by atoms with Gasteiger partial charge in [-0.15, -0.1) is 0 Å². The van der Waals surface area contributed by atoms with Gasteiger partial charge in [-0.1, -0.05) is 0 Å². The second-order valence-electron chi connectivity index (χ2n) is 6.75. The van der Waals surface area contributed by atoms with Crippen LogP contribution in [0.4, 0.5) is 13.2 Å². The van der Waals surface area contributed by atoms with E-state index in [9.17, 15) is 13.2 Å². The number of benzene rings is 1. The Balaban J connectivity index is 0.000000370. The number of carboxylic acid groups (broad SMARTS) is 1. The van der Waals surface area contributed by atoms with Gasteiger partial charge in [0.25, 0.3) is 0 Å². The number of rotatable bonds is 5. The summed E-state index contributed by atoms with van der Waals surface area (Å²) in [5.41, 5.74) is 1.21. The van der Waals surface area contributed by atoms with E-state index in [2.05, 4.69) is 17.0 Å². The molecule has 2 aliphatic heterocycles. The van der Waals surface area contributed by atoms with Crippen LogP contribution in [0.25, 0.3) is 0 Å². The molecule has 2 saturated heterocycles. The summed E-state index contributed by atoms with van der Waals surface area (Å²) in [7, 11) is 5.15. The lowest BCUT2D eigenvalue weighted by molar-refractivity contribution is -0.192. The van der Waals surface area contributed by atoms with E-state index in [4.69, 9.17) is 28.8 Å². The minimum absolute atomic E-state index is 0.200. The molecule has 0 amide bonds. The second kappa shape index (κ2) is 10.1. The van der Waals surface area contributed by atoms with Crippen molar-refractivity contribution in [3.63, 3.8) is 0 Å². The van der Waals surface area contributed by atoms with Crippen LogP contribution in [0.5, 0.6) is 11.5 Å². The lowest BCUT2D eigenvalue weighted by atomic mass is 9.95. The maximum Gasteiger partial charge on any atom is 0.490 e. The van der Waals surface area contributed by atoms with Crippen molar-refractivity contribution < 1.29 is 42.0 Å². The number of likely N-dealkylation sites (tertiary alicyclic amines) is 1. The molecule has 0 aromatic heterocycles. The third-order valence-electron chi connectivity index (χ3n) is 4.98. The Morgan fingerprint density at radius 3 is 2.24 bits per heavy atom. The fourth-order valence-corrected chi connectivity index (χ4v) is 3.61. The van der Waals surface area contributed by atoms with Gasteiger partial charge in [-0.3, -0.25) is 4.90 Å². The van der Waals surface area contributed by atoms with E-state index in [1.807, 2.05) is 6.07 Å². The van der Waals surface area contributed by atoms with Crippen LogP contribution in [0, 0.1) is 0 Å². The summed E-state index contributed by atoms with van der Waals surface area (Å²) in [6.45, 7) is 2.74. The first-order valence-electron chi connectivity index (χ1n) is 9.10. The Kier molecular flexibility index (Phi) is 8.12. The average Bonchev–Trinajstić information content (AvgIpc) is 3.18. The maximum atomic E-state index is 10.6. The van der Waals surface area contributed by atoms with Crippen LogP contribution in [0.3, 0.4) is 0 Å². The van der Waals surface area contributed by atoms with Crippen molar-refractivity contribution in [2.75, 3.05) is 34.5 Å². The minimum atomic E-state index is -5.08. The fraction of sp³-hybridized carbons (Fsp3) is 0.632. The number of halogens is 3. The molecule has 0 saturated carbocycles. The predicted molar refractivity (Wildman–Crippen MR) is 97.2 cm³/mol. The molecule has 29 heavy (non-hydrogen) atoms. The molecule has 164 valence electrons. The summed E-state index contributed by atoms with van der Waals surface area (Å²) in [6.07, 6.45) is -2.57. The van der Waals surface area contributed by atoms with Crippen molar-refractivity contribution in [2.45, 2.75) is 43.8 Å². The third-order valence-corrected chi connectivity index (χ3v) is 4.98. The SMILES string of the molecule is COc1cc(CN2CC[C@H](OC)[C@H]3OCC[C@@H]32)cc(OC)c1.O=C(O)C(F)(F)F. The number of nitrogens with zero attached hydrogens (tertiary/aromatic N) is 1. The van der Waals surface area contributed by atoms with E-state index in [-0.39, 0.29) is 12.2 Å². The molecule has 0 radical (unpaired) electrons. The molecule has 2 heterocycles. The number of carbonyl (C=O) groups is 1. The van der Waals surface area contributed by atoms with Crippen LogP contribution in [0.2, 0.25) is 0 Å². The van der Waals surface area contributed by atoms with Crippen molar-refractivity contribution in [1.82, 2.24) is 4.90 Å². The van der Waals surface area contributed by atoms with Crippen molar-refractivity contribution in [2.24, 2.45) is 0 Å². The van der Waals surface area contributed by atoms with E-state index < -0.39 is 12.1 Å². The second-order valence-corrected chi connectivity index (χ2v) is 6.75. The molecule has 7 nitrogen and oxygen atoms in total. The molecule has 0 unspecified atom stereocenters. The van der Waals surface area contributed by atoms with Gasteiger partial charge in [0.2, 0.25) is 0 Å². The van der Waals surface area contributed by atoms with Crippen LogP contribution in [-0.4, -0.2) is 74.9 Å². The Bertz CT molecular complexity index is 662. The normalized spacial score (nSPS) is 24.3. The molecule has 2 aliphatic rings. The van der Waals surface area contributed by atoms with E-state index in [1.165, 1.54) is 5.56 Å². The molecular formula is C19H26F3NO6. The summed E-state index contributed by atoms with van der Waals surface area (Å²) in [6, 6.07) is 6.50. The van der Waals surface area contributed by atoms with Crippen LogP contribution >= 0.6 is 0 Å². The zero-order chi connectivity index (χ0) is 21.6. The fourth-order valence-electron chi connectivity index (χ4n) is 3.61. The largest absolute Gasteiger partial charge is 0.497 e. The average molecular weight is 421 g/mol. The number of fused-ring (bicyclic) bond motifs is 1. The molecule has 3 atom stereocenters. The zero-order valence-electron chi connectivity index (χ0n) is 16.6. The Morgan fingerprint density at radius 2 is 1.76 bits per heavy atom. The van der Waals surface area contributed by atoms with Crippen LogP contribution < -0.4 is 9.47 Å². The molecule has 0 spiro atoms. The number of aliphatic carboxylic acids is 1. The number of alkyl halides is 3. The molecule has 1 N–H and O–H groups in total. The molecule has 1 aromatic carbocycles. The summed E-state index contributed by atoms with van der Waals surface area (Å²) >= 11 is 0. The van der Waals surface area contributed by atoms with Crippen LogP contribution in [0.1, 0.15) is 18.4 Å². The van der Waals surface area contributed by atoms with Gasteiger partial charge >= 0.3 is 12.1 Å². The van der Waals surface area contributed by atoms with Gasteiger partial charge in [0, 0.05) is 38.9 Å². The third kappa shape index (κ3) is 6.22. The number of methoxy groups -OCH3 is 3. The molecule has 2 fully saturated rings. The summed E-state index contributed by atoms with van der Waals surface area (Å²) < 4.78 is 54.0. The predicted octanol–water partition coefficient (Wildman–Crippen LogP) is 2.72. The van der Waals surface area contributed by atoms with Gasteiger partial charge in [0.15, 0.2) is 0 Å². The van der Waals surface area contributed by atoms with Crippen molar-refractivity contribution in [1.29, 1.82) is 0 Å². The summed E-state index contributed by atoms with van der Waals surface area (Å²) in [5.74, 6) is -1.09. The summed E-state index contributed by atoms with van der Waals surface area (Å²) in [4.78, 5) is 11.4. The number of ether oxygens (including phenoxy) is 4. The molecule has 0 bridgehead atoms. The monoisotopic (exact) mass is 421 g/mol. The van der Waals surface area contributed by atoms with Crippen molar-refractivity contribution >= 4 is 5.97 Å². The van der Waals surface area contributed by atoms with Crippen molar-refractivity contribution in [3.05, 3.63) is 23.8 Å².